The minimum Gasteiger partial charge on any atom is -0.481 e. The van der Waals surface area contributed by atoms with Crippen molar-refractivity contribution in [3.8, 4) is 0 Å². The van der Waals surface area contributed by atoms with Gasteiger partial charge in [0.15, 0.2) is 0 Å². The van der Waals surface area contributed by atoms with E-state index < -0.39 is 5.97 Å². The molecule has 6 nitrogen and oxygen atoms in total. The highest BCUT2D eigenvalue weighted by Crippen LogP contribution is 2.17. The van der Waals surface area contributed by atoms with Gasteiger partial charge in [0, 0.05) is 20.1 Å². The van der Waals surface area contributed by atoms with E-state index in [-0.39, 0.29) is 30.7 Å². The quantitative estimate of drug-likeness (QED) is 0.879. The third-order valence-electron chi connectivity index (χ3n) is 4.84. The van der Waals surface area contributed by atoms with Gasteiger partial charge in [-0.2, -0.15) is 0 Å². The molecule has 0 aliphatic carbocycles. The fraction of sp³-hybridized carbons (Fsp3) is 0.526. The molecule has 1 aromatic carbocycles. The van der Waals surface area contributed by atoms with E-state index in [4.69, 9.17) is 5.11 Å². The normalized spacial score (nSPS) is 15.1. The zero-order valence-electron chi connectivity index (χ0n) is 15.1. The maximum absolute atomic E-state index is 12.4. The van der Waals surface area contributed by atoms with Crippen LogP contribution >= 0.6 is 0 Å². The number of likely N-dealkylation sites (tertiary alicyclic amines) is 1. The van der Waals surface area contributed by atoms with E-state index in [1.54, 1.807) is 11.9 Å². The van der Waals surface area contributed by atoms with Gasteiger partial charge in [-0.1, -0.05) is 23.8 Å². The molecule has 0 aromatic heterocycles. The van der Waals surface area contributed by atoms with E-state index in [2.05, 4.69) is 0 Å². The first-order valence-corrected chi connectivity index (χ1v) is 8.58. The second-order valence-corrected chi connectivity index (χ2v) is 6.85. The first-order chi connectivity index (χ1) is 11.8. The Bertz CT molecular complexity index is 663. The fourth-order valence-electron chi connectivity index (χ4n) is 3.06. The molecule has 1 aliphatic heterocycles. The van der Waals surface area contributed by atoms with E-state index in [1.165, 1.54) is 4.90 Å². The van der Waals surface area contributed by atoms with Gasteiger partial charge in [-0.05, 0) is 37.8 Å². The molecule has 1 fully saturated rings. The minimum atomic E-state index is -0.798. The lowest BCUT2D eigenvalue weighted by molar-refractivity contribution is -0.146. The summed E-state index contributed by atoms with van der Waals surface area (Å²) in [6, 6.07) is 6.01. The van der Waals surface area contributed by atoms with Crippen LogP contribution in [0.3, 0.4) is 0 Å². The number of carbonyl (C=O) groups is 3. The monoisotopic (exact) mass is 346 g/mol. The Hall–Kier alpha value is -2.37. The number of rotatable bonds is 5. The van der Waals surface area contributed by atoms with Crippen LogP contribution in [0.15, 0.2) is 18.2 Å². The van der Waals surface area contributed by atoms with E-state index >= 15 is 0 Å². The van der Waals surface area contributed by atoms with Gasteiger partial charge in [-0.15, -0.1) is 0 Å². The first-order valence-electron chi connectivity index (χ1n) is 8.58. The number of carboxylic acid groups (broad SMARTS) is 1. The highest BCUT2D eigenvalue weighted by Gasteiger charge is 2.27. The molecule has 1 N–H and O–H groups in total. The summed E-state index contributed by atoms with van der Waals surface area (Å²) in [5, 5.41) is 9.01. The Morgan fingerprint density at radius 2 is 1.84 bits per heavy atom. The molecule has 25 heavy (non-hydrogen) atoms. The van der Waals surface area contributed by atoms with Crippen molar-refractivity contribution in [3.05, 3.63) is 34.9 Å². The summed E-state index contributed by atoms with van der Waals surface area (Å²) < 4.78 is 0. The summed E-state index contributed by atoms with van der Waals surface area (Å²) >= 11 is 0. The predicted molar refractivity (Wildman–Crippen MR) is 94.2 cm³/mol. The molecule has 1 aromatic rings. The number of aliphatic carboxylic acids is 1. The van der Waals surface area contributed by atoms with Crippen molar-refractivity contribution in [1.29, 1.82) is 0 Å². The number of nitrogens with zero attached hydrogens (tertiary/aromatic N) is 2. The molecule has 0 bridgehead atoms. The van der Waals surface area contributed by atoms with Crippen molar-refractivity contribution in [2.75, 3.05) is 26.7 Å². The van der Waals surface area contributed by atoms with Crippen molar-refractivity contribution in [1.82, 2.24) is 9.80 Å². The van der Waals surface area contributed by atoms with Gasteiger partial charge in [-0.3, -0.25) is 14.4 Å². The number of amides is 2. The van der Waals surface area contributed by atoms with Gasteiger partial charge in [0.25, 0.3) is 0 Å². The Morgan fingerprint density at radius 3 is 2.44 bits per heavy atom. The van der Waals surface area contributed by atoms with Gasteiger partial charge < -0.3 is 14.9 Å². The lowest BCUT2D eigenvalue weighted by Crippen LogP contribution is -2.45. The Morgan fingerprint density at radius 1 is 1.20 bits per heavy atom. The summed E-state index contributed by atoms with van der Waals surface area (Å²) in [7, 11) is 1.63. The zero-order chi connectivity index (χ0) is 18.6. The molecule has 2 rings (SSSR count). The van der Waals surface area contributed by atoms with E-state index in [0.717, 1.165) is 16.7 Å². The topological polar surface area (TPSA) is 77.9 Å². The summed E-state index contributed by atoms with van der Waals surface area (Å²) in [5.41, 5.74) is 3.15. The highest BCUT2D eigenvalue weighted by molar-refractivity contribution is 5.86. The van der Waals surface area contributed by atoms with Crippen LogP contribution in [0, 0.1) is 19.8 Å². The number of carboxylic acids is 1. The summed E-state index contributed by atoms with van der Waals surface area (Å²) in [6.45, 7) is 4.87. The molecule has 1 heterocycles. The molecular formula is C19H26N2O4. The van der Waals surface area contributed by atoms with Crippen molar-refractivity contribution in [3.63, 3.8) is 0 Å². The number of piperidine rings is 1. The molecule has 2 amide bonds. The lowest BCUT2D eigenvalue weighted by Gasteiger charge is -2.31. The van der Waals surface area contributed by atoms with Crippen LogP contribution in [0.25, 0.3) is 0 Å². The second-order valence-electron chi connectivity index (χ2n) is 6.85. The SMILES string of the molecule is Cc1ccc(C)c(CC(=O)N(C)CC(=O)N2CCC(C(=O)O)CC2)c1. The number of hydrogen-bond donors (Lipinski definition) is 1. The molecular weight excluding hydrogens is 320 g/mol. The Balaban J connectivity index is 1.87. The standard InChI is InChI=1S/C19H26N2O4/c1-13-4-5-14(2)16(10-13)11-17(22)20(3)12-18(23)21-8-6-15(7-9-21)19(24)25/h4-5,10,15H,6-9,11-12H2,1-3H3,(H,24,25). The smallest absolute Gasteiger partial charge is 0.306 e. The number of aryl methyl sites for hydroxylation is 2. The summed E-state index contributed by atoms with van der Waals surface area (Å²) in [4.78, 5) is 38.8. The van der Waals surface area contributed by atoms with Crippen LogP contribution in [0.2, 0.25) is 0 Å². The number of likely N-dealkylation sites (N-methyl/N-ethyl adjacent to an activating group) is 1. The lowest BCUT2D eigenvalue weighted by atomic mass is 9.97. The second kappa shape index (κ2) is 8.14. The zero-order valence-corrected chi connectivity index (χ0v) is 15.1. The van der Waals surface area contributed by atoms with Crippen LogP contribution < -0.4 is 0 Å². The summed E-state index contributed by atoms with van der Waals surface area (Å²) in [5.74, 6) is -1.39. The van der Waals surface area contributed by atoms with Crippen molar-refractivity contribution in [2.45, 2.75) is 33.1 Å². The Labute approximate surface area is 148 Å². The van der Waals surface area contributed by atoms with Gasteiger partial charge in [0.05, 0.1) is 18.9 Å². The maximum atomic E-state index is 12.4. The Kier molecular flexibility index (Phi) is 6.17. The first kappa shape index (κ1) is 19.0. The molecule has 136 valence electrons. The van der Waals surface area contributed by atoms with Crippen LogP contribution in [-0.2, 0) is 20.8 Å². The number of hydrogen-bond acceptors (Lipinski definition) is 3. The largest absolute Gasteiger partial charge is 0.481 e. The molecule has 6 heteroatoms. The summed E-state index contributed by atoms with van der Waals surface area (Å²) in [6.07, 6.45) is 1.22. The van der Waals surface area contributed by atoms with Crippen molar-refractivity contribution in [2.24, 2.45) is 5.92 Å². The number of carbonyl (C=O) groups excluding carboxylic acids is 2. The molecule has 0 saturated carbocycles. The molecule has 1 saturated heterocycles. The van der Waals surface area contributed by atoms with Crippen molar-refractivity contribution < 1.29 is 19.5 Å². The minimum absolute atomic E-state index is 0.0292. The molecule has 0 radical (unpaired) electrons. The van der Waals surface area contributed by atoms with Gasteiger partial charge in [-0.25, -0.2) is 0 Å². The highest BCUT2D eigenvalue weighted by atomic mass is 16.4. The van der Waals surface area contributed by atoms with Crippen LogP contribution in [-0.4, -0.2) is 59.4 Å². The van der Waals surface area contributed by atoms with Crippen LogP contribution in [0.4, 0.5) is 0 Å². The molecule has 1 aliphatic rings. The average Bonchev–Trinajstić information content (AvgIpc) is 2.58. The third-order valence-corrected chi connectivity index (χ3v) is 4.84. The van der Waals surface area contributed by atoms with E-state index in [1.807, 2.05) is 32.0 Å². The molecule has 0 unspecified atom stereocenters. The number of benzene rings is 1. The average molecular weight is 346 g/mol. The predicted octanol–water partition coefficient (Wildman–Crippen LogP) is 1.63. The third kappa shape index (κ3) is 5.05. The van der Waals surface area contributed by atoms with Gasteiger partial charge >= 0.3 is 5.97 Å². The van der Waals surface area contributed by atoms with Crippen LogP contribution in [0.1, 0.15) is 29.5 Å². The van der Waals surface area contributed by atoms with E-state index in [9.17, 15) is 14.4 Å². The van der Waals surface area contributed by atoms with Crippen LogP contribution in [0.5, 0.6) is 0 Å². The molecule has 0 atom stereocenters. The molecule has 0 spiro atoms. The van der Waals surface area contributed by atoms with Gasteiger partial charge in [0.2, 0.25) is 11.8 Å². The van der Waals surface area contributed by atoms with Crippen molar-refractivity contribution >= 4 is 17.8 Å². The maximum Gasteiger partial charge on any atom is 0.306 e. The van der Waals surface area contributed by atoms with E-state index in [0.29, 0.717) is 25.9 Å². The van der Waals surface area contributed by atoms with Gasteiger partial charge in [0.1, 0.15) is 0 Å². The fourth-order valence-corrected chi connectivity index (χ4v) is 3.06.